The maximum Gasteiger partial charge on any atom is 0.416 e. The summed E-state index contributed by atoms with van der Waals surface area (Å²) in [6, 6.07) is 6.57. The summed E-state index contributed by atoms with van der Waals surface area (Å²) in [6.07, 6.45) is -2.76. The van der Waals surface area contributed by atoms with Crippen molar-refractivity contribution >= 4 is 18.2 Å². The van der Waals surface area contributed by atoms with Crippen LogP contribution in [-0.2, 0) is 12.7 Å². The van der Waals surface area contributed by atoms with E-state index in [0.29, 0.717) is 17.9 Å². The molecule has 2 N–H and O–H groups in total. The first kappa shape index (κ1) is 14.4. The van der Waals surface area contributed by atoms with E-state index in [1.807, 2.05) is 0 Å². The minimum Gasteiger partial charge on any atom is -0.384 e. The number of benzene rings is 1. The van der Waals surface area contributed by atoms with Gasteiger partial charge in [0.1, 0.15) is 5.82 Å². The first-order chi connectivity index (χ1) is 7.97. The topological polar surface area (TPSA) is 43.8 Å². The number of aromatic nitrogens is 2. The molecular formula is C11H11ClF3N3. The maximum absolute atomic E-state index is 12.3. The van der Waals surface area contributed by atoms with Gasteiger partial charge in [-0.15, -0.1) is 12.4 Å². The van der Waals surface area contributed by atoms with Gasteiger partial charge < -0.3 is 5.73 Å². The van der Waals surface area contributed by atoms with Crippen LogP contribution >= 0.6 is 12.4 Å². The molecule has 18 heavy (non-hydrogen) atoms. The molecule has 1 heterocycles. The number of nitrogen functional groups attached to an aromatic ring is 1. The van der Waals surface area contributed by atoms with E-state index < -0.39 is 11.7 Å². The SMILES string of the molecule is Cl.Nc1ccnn1Cc1ccc(C(F)(F)F)cc1. The van der Waals surface area contributed by atoms with Gasteiger partial charge in [0.05, 0.1) is 18.3 Å². The van der Waals surface area contributed by atoms with Gasteiger partial charge in [0, 0.05) is 0 Å². The molecule has 0 aliphatic rings. The molecule has 2 rings (SSSR count). The number of nitrogens with two attached hydrogens (primary N) is 1. The Morgan fingerprint density at radius 3 is 2.17 bits per heavy atom. The van der Waals surface area contributed by atoms with Gasteiger partial charge >= 0.3 is 6.18 Å². The van der Waals surface area contributed by atoms with Gasteiger partial charge in [0.15, 0.2) is 0 Å². The highest BCUT2D eigenvalue weighted by Gasteiger charge is 2.29. The van der Waals surface area contributed by atoms with E-state index >= 15 is 0 Å². The van der Waals surface area contributed by atoms with Crippen molar-refractivity contribution in [3.63, 3.8) is 0 Å². The van der Waals surface area contributed by atoms with E-state index in [1.165, 1.54) is 16.8 Å². The number of rotatable bonds is 2. The van der Waals surface area contributed by atoms with Gasteiger partial charge in [0.25, 0.3) is 0 Å². The third-order valence-electron chi connectivity index (χ3n) is 2.36. The average molecular weight is 278 g/mol. The highest BCUT2D eigenvalue weighted by Crippen LogP contribution is 2.29. The molecule has 0 atom stereocenters. The number of halogens is 4. The first-order valence-corrected chi connectivity index (χ1v) is 4.90. The minimum absolute atomic E-state index is 0. The normalized spacial score (nSPS) is 11.1. The van der Waals surface area contributed by atoms with Crippen LogP contribution in [0.1, 0.15) is 11.1 Å². The van der Waals surface area contributed by atoms with E-state index in [1.54, 1.807) is 12.3 Å². The predicted octanol–water partition coefficient (Wildman–Crippen LogP) is 2.95. The van der Waals surface area contributed by atoms with Crippen molar-refractivity contribution in [3.05, 3.63) is 47.7 Å². The lowest BCUT2D eigenvalue weighted by molar-refractivity contribution is -0.137. The Morgan fingerprint density at radius 2 is 1.72 bits per heavy atom. The van der Waals surface area contributed by atoms with Crippen LogP contribution in [0.25, 0.3) is 0 Å². The molecule has 3 nitrogen and oxygen atoms in total. The second-order valence-corrected chi connectivity index (χ2v) is 3.61. The molecule has 0 fully saturated rings. The molecule has 7 heteroatoms. The van der Waals surface area contributed by atoms with Gasteiger partial charge in [0.2, 0.25) is 0 Å². The number of alkyl halides is 3. The lowest BCUT2D eigenvalue weighted by Gasteiger charge is -2.08. The van der Waals surface area contributed by atoms with Crippen molar-refractivity contribution in [2.24, 2.45) is 0 Å². The monoisotopic (exact) mass is 277 g/mol. The molecule has 98 valence electrons. The Hall–Kier alpha value is -1.69. The zero-order valence-electron chi connectivity index (χ0n) is 9.19. The van der Waals surface area contributed by atoms with E-state index in [9.17, 15) is 13.2 Å². The fourth-order valence-electron chi connectivity index (χ4n) is 1.45. The molecule has 1 aromatic heterocycles. The lowest BCUT2D eigenvalue weighted by atomic mass is 10.1. The number of anilines is 1. The van der Waals surface area contributed by atoms with Crippen LogP contribution < -0.4 is 5.73 Å². The summed E-state index contributed by atoms with van der Waals surface area (Å²) >= 11 is 0. The molecule has 0 bridgehead atoms. The molecule has 2 aromatic rings. The average Bonchev–Trinajstić information content (AvgIpc) is 2.64. The van der Waals surface area contributed by atoms with Gasteiger partial charge in [-0.05, 0) is 23.8 Å². The van der Waals surface area contributed by atoms with Gasteiger partial charge in [-0.1, -0.05) is 12.1 Å². The second-order valence-electron chi connectivity index (χ2n) is 3.61. The van der Waals surface area contributed by atoms with Crippen LogP contribution in [-0.4, -0.2) is 9.78 Å². The van der Waals surface area contributed by atoms with Crippen LogP contribution in [0.15, 0.2) is 36.5 Å². The van der Waals surface area contributed by atoms with Crippen molar-refractivity contribution in [1.82, 2.24) is 9.78 Å². The fourth-order valence-corrected chi connectivity index (χ4v) is 1.45. The zero-order chi connectivity index (χ0) is 12.5. The Kier molecular flexibility index (Phi) is 4.24. The highest BCUT2D eigenvalue weighted by molar-refractivity contribution is 5.85. The molecule has 0 amide bonds. The van der Waals surface area contributed by atoms with E-state index in [4.69, 9.17) is 5.73 Å². The van der Waals surface area contributed by atoms with Crippen molar-refractivity contribution < 1.29 is 13.2 Å². The molecule has 0 radical (unpaired) electrons. The van der Waals surface area contributed by atoms with Crippen molar-refractivity contribution in [2.75, 3.05) is 5.73 Å². The lowest BCUT2D eigenvalue weighted by Crippen LogP contribution is -2.07. The number of nitrogens with zero attached hydrogens (tertiary/aromatic N) is 2. The molecule has 0 saturated heterocycles. The standard InChI is InChI=1S/C11H10F3N3.ClH/c12-11(13,14)9-3-1-8(2-4-9)7-17-10(15)5-6-16-17;/h1-6H,7,15H2;1H. The largest absolute Gasteiger partial charge is 0.416 e. The Bertz CT molecular complexity index is 505. The zero-order valence-corrected chi connectivity index (χ0v) is 10.0. The molecule has 0 spiro atoms. The van der Waals surface area contributed by atoms with E-state index in [-0.39, 0.29) is 12.4 Å². The van der Waals surface area contributed by atoms with Gasteiger partial charge in [-0.25, -0.2) is 4.68 Å². The van der Waals surface area contributed by atoms with Crippen LogP contribution in [0.5, 0.6) is 0 Å². The van der Waals surface area contributed by atoms with Crippen LogP contribution in [0.4, 0.5) is 19.0 Å². The summed E-state index contributed by atoms with van der Waals surface area (Å²) in [5.41, 5.74) is 5.67. The third kappa shape index (κ3) is 3.16. The number of hydrogen-bond donors (Lipinski definition) is 1. The molecule has 0 saturated carbocycles. The smallest absolute Gasteiger partial charge is 0.384 e. The Morgan fingerprint density at radius 1 is 1.11 bits per heavy atom. The summed E-state index contributed by atoms with van der Waals surface area (Å²) in [5.74, 6) is 0.477. The number of hydrogen-bond acceptors (Lipinski definition) is 2. The summed E-state index contributed by atoms with van der Waals surface area (Å²) in [6.45, 7) is 0.358. The van der Waals surface area contributed by atoms with Gasteiger partial charge in [-0.2, -0.15) is 18.3 Å². The molecule has 0 unspecified atom stereocenters. The van der Waals surface area contributed by atoms with Crippen LogP contribution in [0.3, 0.4) is 0 Å². The maximum atomic E-state index is 12.3. The summed E-state index contributed by atoms with van der Waals surface area (Å²) < 4.78 is 38.5. The van der Waals surface area contributed by atoms with Gasteiger partial charge in [-0.3, -0.25) is 0 Å². The van der Waals surface area contributed by atoms with E-state index in [2.05, 4.69) is 5.10 Å². The highest BCUT2D eigenvalue weighted by atomic mass is 35.5. The molecule has 0 aliphatic carbocycles. The quantitative estimate of drug-likeness (QED) is 0.917. The summed E-state index contributed by atoms with van der Waals surface area (Å²) in [7, 11) is 0. The third-order valence-corrected chi connectivity index (χ3v) is 2.36. The van der Waals surface area contributed by atoms with Crippen molar-refractivity contribution in [2.45, 2.75) is 12.7 Å². The second kappa shape index (κ2) is 5.30. The van der Waals surface area contributed by atoms with Crippen LogP contribution in [0, 0.1) is 0 Å². The molecular weight excluding hydrogens is 267 g/mol. The van der Waals surface area contributed by atoms with E-state index in [0.717, 1.165) is 12.1 Å². The fraction of sp³-hybridized carbons (Fsp3) is 0.182. The molecule has 0 aliphatic heterocycles. The van der Waals surface area contributed by atoms with Crippen LogP contribution in [0.2, 0.25) is 0 Å². The summed E-state index contributed by atoms with van der Waals surface area (Å²) in [4.78, 5) is 0. The minimum atomic E-state index is -4.30. The Balaban J connectivity index is 0.00000162. The first-order valence-electron chi connectivity index (χ1n) is 4.90. The van der Waals surface area contributed by atoms with Crippen molar-refractivity contribution in [3.8, 4) is 0 Å². The van der Waals surface area contributed by atoms with Crippen molar-refractivity contribution in [1.29, 1.82) is 0 Å². The predicted molar refractivity (Wildman–Crippen MR) is 64.4 cm³/mol. The summed E-state index contributed by atoms with van der Waals surface area (Å²) in [5, 5.41) is 3.95. The Labute approximate surface area is 108 Å². The molecule has 1 aromatic carbocycles.